The quantitative estimate of drug-likeness (QED) is 0.421. The van der Waals surface area contributed by atoms with Gasteiger partial charge in [-0.05, 0) is 56.9 Å². The first kappa shape index (κ1) is 27.0. The summed E-state index contributed by atoms with van der Waals surface area (Å²) >= 11 is 0. The Bertz CT molecular complexity index is 1010. The molecule has 4 rings (SSSR count). The van der Waals surface area contributed by atoms with E-state index in [1.807, 2.05) is 35.2 Å². The van der Waals surface area contributed by atoms with Crippen molar-refractivity contribution in [2.24, 2.45) is 0 Å². The number of nitrogens with zero attached hydrogens (tertiary/aromatic N) is 4. The van der Waals surface area contributed by atoms with Crippen LogP contribution in [-0.4, -0.2) is 73.5 Å². The van der Waals surface area contributed by atoms with Crippen LogP contribution in [0.4, 0.5) is 0 Å². The summed E-state index contributed by atoms with van der Waals surface area (Å²) in [4.78, 5) is 19.5. The van der Waals surface area contributed by atoms with Gasteiger partial charge in [0.1, 0.15) is 5.76 Å². The molecule has 0 aromatic heterocycles. The highest BCUT2D eigenvalue weighted by Crippen LogP contribution is 2.35. The maximum Gasteiger partial charge on any atom is 0.222 e. The number of nitriles is 1. The van der Waals surface area contributed by atoms with Gasteiger partial charge < -0.3 is 19.4 Å². The Labute approximate surface area is 222 Å². The minimum atomic E-state index is -0.458. The molecule has 2 saturated heterocycles. The highest BCUT2D eigenvalue weighted by Gasteiger charge is 2.37. The van der Waals surface area contributed by atoms with Gasteiger partial charge in [0.25, 0.3) is 0 Å². The second kappa shape index (κ2) is 13.5. The minimum Gasteiger partial charge on any atom is -0.491 e. The smallest absolute Gasteiger partial charge is 0.222 e. The Hall–Kier alpha value is -3.04. The van der Waals surface area contributed by atoms with E-state index in [9.17, 15) is 10.1 Å². The molecule has 0 atom stereocenters. The van der Waals surface area contributed by atoms with Crippen molar-refractivity contribution in [2.75, 3.05) is 52.9 Å². The van der Waals surface area contributed by atoms with E-state index < -0.39 is 5.41 Å². The number of carbonyl (C=O) groups is 1. The normalized spacial score (nSPS) is 20.0. The molecule has 0 saturated carbocycles. The number of unbranched alkanes of at least 4 members (excludes halogenated alkanes) is 3. The van der Waals surface area contributed by atoms with Gasteiger partial charge >= 0.3 is 0 Å². The number of hydrogen-bond donors (Lipinski definition) is 0. The van der Waals surface area contributed by atoms with Crippen LogP contribution >= 0.6 is 0 Å². The summed E-state index contributed by atoms with van der Waals surface area (Å²) in [6.45, 7) is 6.27. The van der Waals surface area contributed by atoms with Gasteiger partial charge in [0.15, 0.2) is 0 Å². The predicted molar refractivity (Wildman–Crippen MR) is 148 cm³/mol. The molecule has 1 aromatic carbocycles. The maximum atomic E-state index is 12.8. The molecule has 0 N–H and O–H groups in total. The maximum absolute atomic E-state index is 12.8. The van der Waals surface area contributed by atoms with Gasteiger partial charge in [0, 0.05) is 45.7 Å². The van der Waals surface area contributed by atoms with Gasteiger partial charge in [0.05, 0.1) is 23.8 Å². The van der Waals surface area contributed by atoms with E-state index in [4.69, 9.17) is 4.74 Å². The highest BCUT2D eigenvalue weighted by atomic mass is 16.5. The third kappa shape index (κ3) is 7.26. The van der Waals surface area contributed by atoms with Crippen molar-refractivity contribution < 1.29 is 9.53 Å². The summed E-state index contributed by atoms with van der Waals surface area (Å²) in [5.74, 6) is 1.22. The van der Waals surface area contributed by atoms with Crippen LogP contribution in [0.1, 0.15) is 56.9 Å². The zero-order chi connectivity index (χ0) is 25.9. The van der Waals surface area contributed by atoms with Gasteiger partial charge in [0.2, 0.25) is 5.91 Å². The lowest BCUT2D eigenvalue weighted by molar-refractivity contribution is -0.132. The predicted octanol–water partition coefficient (Wildman–Crippen LogP) is 5.01. The van der Waals surface area contributed by atoms with Crippen molar-refractivity contribution in [2.45, 2.75) is 56.8 Å². The first-order chi connectivity index (χ1) is 18.1. The van der Waals surface area contributed by atoms with Gasteiger partial charge in [-0.15, -0.1) is 0 Å². The first-order valence-corrected chi connectivity index (χ1v) is 14.0. The number of piperazine rings is 1. The second-order valence-electron chi connectivity index (χ2n) is 10.5. The fraction of sp³-hybridized carbons (Fsp3) is 0.548. The van der Waals surface area contributed by atoms with Crippen LogP contribution in [0.25, 0.3) is 0 Å². The molecule has 1 amide bonds. The van der Waals surface area contributed by atoms with E-state index in [1.54, 1.807) is 0 Å². The average Bonchev–Trinajstić information content (AvgIpc) is 3.19. The monoisotopic (exact) mass is 502 g/mol. The highest BCUT2D eigenvalue weighted by molar-refractivity contribution is 5.76. The number of ether oxygens (including phenoxy) is 1. The SMILES string of the molecule is CN1CCN(C2=C(OCCCCCCC(=O)N3CCC(C#N)(c4ccccc4)CC3)C=CCC=C2)CC1. The molecule has 3 aliphatic rings. The zero-order valence-electron chi connectivity index (χ0n) is 22.4. The number of allylic oxidation sites excluding steroid dienone is 4. The molecule has 37 heavy (non-hydrogen) atoms. The van der Waals surface area contributed by atoms with E-state index in [-0.39, 0.29) is 5.91 Å². The molecule has 1 aromatic rings. The molecule has 0 radical (unpaired) electrons. The molecule has 2 heterocycles. The van der Waals surface area contributed by atoms with Gasteiger partial charge in [-0.1, -0.05) is 55.3 Å². The molecule has 2 aliphatic heterocycles. The van der Waals surface area contributed by atoms with Crippen molar-refractivity contribution >= 4 is 5.91 Å². The second-order valence-corrected chi connectivity index (χ2v) is 10.5. The summed E-state index contributed by atoms with van der Waals surface area (Å²) < 4.78 is 6.23. The Morgan fingerprint density at radius 3 is 2.38 bits per heavy atom. The summed E-state index contributed by atoms with van der Waals surface area (Å²) in [6, 6.07) is 12.6. The number of benzene rings is 1. The average molecular weight is 503 g/mol. The molecular formula is C31H42N4O2. The number of rotatable bonds is 10. The van der Waals surface area contributed by atoms with E-state index in [1.165, 1.54) is 5.70 Å². The molecule has 2 fully saturated rings. The number of amides is 1. The first-order valence-electron chi connectivity index (χ1n) is 14.0. The third-order valence-corrected chi connectivity index (χ3v) is 7.97. The van der Waals surface area contributed by atoms with E-state index in [0.717, 1.165) is 69.6 Å². The summed E-state index contributed by atoms with van der Waals surface area (Å²) in [7, 11) is 2.18. The fourth-order valence-corrected chi connectivity index (χ4v) is 5.46. The van der Waals surface area contributed by atoms with E-state index >= 15 is 0 Å². The van der Waals surface area contributed by atoms with Crippen molar-refractivity contribution in [1.29, 1.82) is 5.26 Å². The Balaban J connectivity index is 1.14. The van der Waals surface area contributed by atoms with Crippen LogP contribution in [0.15, 0.2) is 66.1 Å². The van der Waals surface area contributed by atoms with Crippen molar-refractivity contribution in [1.82, 2.24) is 14.7 Å². The Kier molecular flexibility index (Phi) is 9.85. The van der Waals surface area contributed by atoms with Crippen molar-refractivity contribution in [3.8, 4) is 6.07 Å². The number of likely N-dealkylation sites (N-methyl/N-ethyl adjacent to an activating group) is 1. The molecule has 0 unspecified atom stereocenters. The largest absolute Gasteiger partial charge is 0.491 e. The molecular weight excluding hydrogens is 460 g/mol. The summed E-state index contributed by atoms with van der Waals surface area (Å²) in [5.41, 5.74) is 1.83. The number of carbonyl (C=O) groups excluding carboxylic acids is 1. The molecule has 198 valence electrons. The van der Waals surface area contributed by atoms with Crippen LogP contribution in [0, 0.1) is 11.3 Å². The van der Waals surface area contributed by atoms with Crippen molar-refractivity contribution in [3.05, 3.63) is 71.7 Å². The fourth-order valence-electron chi connectivity index (χ4n) is 5.46. The minimum absolute atomic E-state index is 0.230. The van der Waals surface area contributed by atoms with Gasteiger partial charge in [-0.2, -0.15) is 5.26 Å². The molecule has 6 heteroatoms. The summed E-state index contributed by atoms with van der Waals surface area (Å²) in [6.07, 6.45) is 15.7. The molecule has 1 aliphatic carbocycles. The third-order valence-electron chi connectivity index (χ3n) is 7.97. The van der Waals surface area contributed by atoms with Crippen LogP contribution in [0.5, 0.6) is 0 Å². The van der Waals surface area contributed by atoms with Crippen LogP contribution in [-0.2, 0) is 14.9 Å². The number of hydrogen-bond acceptors (Lipinski definition) is 5. The molecule has 6 nitrogen and oxygen atoms in total. The number of likely N-dealkylation sites (tertiary alicyclic amines) is 1. The standard InChI is InChI=1S/C31H42N4O2/c1-33-21-23-34(24-22-33)28-14-8-5-9-15-29(28)37-25-11-3-2-10-16-30(36)35-19-17-31(26-32,18-20-35)27-12-6-4-7-13-27/h4,6-9,12-15H,2-3,5,10-11,16-25H2,1H3. The lowest BCUT2D eigenvalue weighted by Gasteiger charge is -2.37. The van der Waals surface area contributed by atoms with Crippen molar-refractivity contribution in [3.63, 3.8) is 0 Å². The van der Waals surface area contributed by atoms with E-state index in [2.05, 4.69) is 47.2 Å². The Morgan fingerprint density at radius 2 is 1.65 bits per heavy atom. The van der Waals surface area contributed by atoms with E-state index in [0.29, 0.717) is 39.0 Å². The molecule has 0 spiro atoms. The Morgan fingerprint density at radius 1 is 0.946 bits per heavy atom. The zero-order valence-corrected chi connectivity index (χ0v) is 22.4. The lowest BCUT2D eigenvalue weighted by Crippen LogP contribution is -2.44. The topological polar surface area (TPSA) is 59.8 Å². The van der Waals surface area contributed by atoms with Crippen LogP contribution < -0.4 is 0 Å². The molecule has 0 bridgehead atoms. The summed E-state index contributed by atoms with van der Waals surface area (Å²) in [5, 5.41) is 9.87. The van der Waals surface area contributed by atoms with Gasteiger partial charge in [-0.25, -0.2) is 0 Å². The number of piperidine rings is 1. The van der Waals surface area contributed by atoms with Gasteiger partial charge in [-0.3, -0.25) is 4.79 Å². The van der Waals surface area contributed by atoms with Crippen LogP contribution in [0.2, 0.25) is 0 Å². The van der Waals surface area contributed by atoms with Crippen LogP contribution in [0.3, 0.4) is 0 Å². The lowest BCUT2D eigenvalue weighted by atomic mass is 9.74.